The van der Waals surface area contributed by atoms with E-state index in [0.717, 1.165) is 42.5 Å². The van der Waals surface area contributed by atoms with Gasteiger partial charge in [0.05, 0.1) is 5.75 Å². The van der Waals surface area contributed by atoms with Gasteiger partial charge in [0.2, 0.25) is 0 Å². The van der Waals surface area contributed by atoms with E-state index in [4.69, 9.17) is 9.97 Å². The Morgan fingerprint density at radius 3 is 2.24 bits per heavy atom. The summed E-state index contributed by atoms with van der Waals surface area (Å²) in [6.07, 6.45) is 2.21. The summed E-state index contributed by atoms with van der Waals surface area (Å²) in [5.41, 5.74) is 3.60. The third-order valence-electron chi connectivity index (χ3n) is 3.64. The lowest BCUT2D eigenvalue weighted by atomic mass is 10.1. The molecule has 1 N–H and O–H groups in total. The lowest BCUT2D eigenvalue weighted by Gasteiger charge is -2.13. The second-order valence-corrected chi connectivity index (χ2v) is 7.59. The molecule has 0 aromatic carbocycles. The first-order valence-electron chi connectivity index (χ1n) is 8.09. The zero-order valence-corrected chi connectivity index (χ0v) is 15.3. The van der Waals surface area contributed by atoms with Crippen LogP contribution in [0.15, 0.2) is 0 Å². The van der Waals surface area contributed by atoms with Gasteiger partial charge in [-0.25, -0.2) is 9.97 Å². The van der Waals surface area contributed by atoms with Crippen LogP contribution in [0.25, 0.3) is 0 Å². The van der Waals surface area contributed by atoms with Gasteiger partial charge in [0.1, 0.15) is 5.82 Å². The summed E-state index contributed by atoms with van der Waals surface area (Å²) in [6.45, 7) is 15.3. The topological polar surface area (TPSA) is 37.8 Å². The van der Waals surface area contributed by atoms with Gasteiger partial charge in [-0.05, 0) is 51.3 Å². The first-order valence-corrected chi connectivity index (χ1v) is 9.14. The predicted octanol–water partition coefficient (Wildman–Crippen LogP) is 3.91. The molecule has 0 radical (unpaired) electrons. The molecule has 4 heteroatoms. The maximum absolute atomic E-state index is 4.69. The summed E-state index contributed by atoms with van der Waals surface area (Å²) < 4.78 is 0. The van der Waals surface area contributed by atoms with E-state index in [-0.39, 0.29) is 0 Å². The Kier molecular flexibility index (Phi) is 8.27. The highest BCUT2D eigenvalue weighted by atomic mass is 32.2. The number of thioether (sulfide) groups is 1. The van der Waals surface area contributed by atoms with Crippen LogP contribution in [-0.4, -0.2) is 28.3 Å². The van der Waals surface area contributed by atoms with Crippen molar-refractivity contribution in [2.75, 3.05) is 13.1 Å². The minimum absolute atomic E-state index is 0.675. The zero-order chi connectivity index (χ0) is 15.8. The zero-order valence-electron chi connectivity index (χ0n) is 14.5. The molecule has 120 valence electrons. The summed E-state index contributed by atoms with van der Waals surface area (Å²) >= 11 is 1.94. The molecule has 1 heterocycles. The van der Waals surface area contributed by atoms with Crippen molar-refractivity contribution in [3.8, 4) is 0 Å². The van der Waals surface area contributed by atoms with Crippen LogP contribution in [0.1, 0.15) is 56.9 Å². The molecular formula is C17H31N3S. The van der Waals surface area contributed by atoms with Crippen LogP contribution < -0.4 is 5.32 Å². The predicted molar refractivity (Wildman–Crippen MR) is 94.0 cm³/mol. The molecule has 21 heavy (non-hydrogen) atoms. The maximum Gasteiger partial charge on any atom is 0.138 e. The van der Waals surface area contributed by atoms with Gasteiger partial charge in [-0.2, -0.15) is 11.8 Å². The van der Waals surface area contributed by atoms with Crippen molar-refractivity contribution < 1.29 is 0 Å². The Bertz CT molecular complexity index is 409. The fraction of sp³-hybridized carbons (Fsp3) is 0.765. The van der Waals surface area contributed by atoms with Crippen LogP contribution in [0.5, 0.6) is 0 Å². The highest BCUT2D eigenvalue weighted by Gasteiger charge is 2.09. The molecule has 0 aliphatic carbocycles. The number of aromatic nitrogens is 2. The van der Waals surface area contributed by atoms with Gasteiger partial charge in [-0.1, -0.05) is 27.7 Å². The average Bonchev–Trinajstić information content (AvgIpc) is 2.42. The van der Waals surface area contributed by atoms with Crippen LogP contribution in [0.3, 0.4) is 0 Å². The molecule has 0 saturated heterocycles. The van der Waals surface area contributed by atoms with Crippen molar-refractivity contribution in [3.63, 3.8) is 0 Å². The minimum atomic E-state index is 0.675. The average molecular weight is 310 g/mol. The number of rotatable bonds is 9. The van der Waals surface area contributed by atoms with Gasteiger partial charge in [0.25, 0.3) is 0 Å². The molecule has 1 aromatic heterocycles. The second kappa shape index (κ2) is 9.42. The molecular weight excluding hydrogens is 278 g/mol. The fourth-order valence-corrected chi connectivity index (χ4v) is 2.97. The number of hydrogen-bond acceptors (Lipinski definition) is 4. The Labute approximate surface area is 134 Å². The van der Waals surface area contributed by atoms with E-state index in [1.54, 1.807) is 0 Å². The summed E-state index contributed by atoms with van der Waals surface area (Å²) in [4.78, 5) is 9.39. The van der Waals surface area contributed by atoms with Gasteiger partial charge in [-0.3, -0.25) is 0 Å². The number of hydrogen-bond donors (Lipinski definition) is 1. The van der Waals surface area contributed by atoms with Gasteiger partial charge >= 0.3 is 0 Å². The standard InChI is InChI=1S/C17H31N3S/c1-7-13(4)21-11-17-19-14(5)16(15(6)20-17)8-9-18-10-12(2)3/h12-13,18H,7-11H2,1-6H3. The van der Waals surface area contributed by atoms with E-state index in [2.05, 4.69) is 46.9 Å². The Hall–Kier alpha value is -0.610. The van der Waals surface area contributed by atoms with Crippen molar-refractivity contribution in [2.24, 2.45) is 5.92 Å². The van der Waals surface area contributed by atoms with E-state index < -0.39 is 0 Å². The quantitative estimate of drug-likeness (QED) is 0.702. The molecule has 0 fully saturated rings. The molecule has 0 aliphatic rings. The van der Waals surface area contributed by atoms with Crippen molar-refractivity contribution in [2.45, 2.75) is 65.4 Å². The summed E-state index contributed by atoms with van der Waals surface area (Å²) in [5, 5.41) is 4.17. The number of nitrogens with zero attached hydrogens (tertiary/aromatic N) is 2. The smallest absolute Gasteiger partial charge is 0.138 e. The summed E-state index contributed by atoms with van der Waals surface area (Å²) in [5.74, 6) is 2.60. The minimum Gasteiger partial charge on any atom is -0.316 e. The van der Waals surface area contributed by atoms with Gasteiger partial charge in [0, 0.05) is 16.6 Å². The Balaban J connectivity index is 2.58. The third kappa shape index (κ3) is 6.79. The number of nitrogens with one attached hydrogen (secondary N) is 1. The normalized spacial score (nSPS) is 12.9. The second-order valence-electron chi connectivity index (χ2n) is 6.17. The van der Waals surface area contributed by atoms with Gasteiger partial charge in [-0.15, -0.1) is 0 Å². The summed E-state index contributed by atoms with van der Waals surface area (Å²) in [7, 11) is 0. The first-order chi connectivity index (χ1) is 9.93. The molecule has 0 amide bonds. The van der Waals surface area contributed by atoms with E-state index in [1.165, 1.54) is 12.0 Å². The maximum atomic E-state index is 4.69. The highest BCUT2D eigenvalue weighted by molar-refractivity contribution is 7.99. The van der Waals surface area contributed by atoms with Crippen LogP contribution >= 0.6 is 11.8 Å². The molecule has 1 atom stereocenters. The monoisotopic (exact) mass is 309 g/mol. The lowest BCUT2D eigenvalue weighted by molar-refractivity contribution is 0.553. The van der Waals surface area contributed by atoms with Gasteiger partial charge in [0.15, 0.2) is 0 Å². The van der Waals surface area contributed by atoms with Crippen molar-refractivity contribution in [3.05, 3.63) is 22.8 Å². The molecule has 0 aliphatic heterocycles. The first kappa shape index (κ1) is 18.4. The third-order valence-corrected chi connectivity index (χ3v) is 4.97. The van der Waals surface area contributed by atoms with Crippen LogP contribution in [0, 0.1) is 19.8 Å². The Morgan fingerprint density at radius 2 is 1.71 bits per heavy atom. The molecule has 0 spiro atoms. The van der Waals surface area contributed by atoms with Crippen molar-refractivity contribution in [1.82, 2.24) is 15.3 Å². The fourth-order valence-electron chi connectivity index (χ4n) is 2.17. The highest BCUT2D eigenvalue weighted by Crippen LogP contribution is 2.19. The molecule has 0 bridgehead atoms. The van der Waals surface area contributed by atoms with Crippen LogP contribution in [0.2, 0.25) is 0 Å². The van der Waals surface area contributed by atoms with Crippen molar-refractivity contribution in [1.29, 1.82) is 0 Å². The Morgan fingerprint density at radius 1 is 1.10 bits per heavy atom. The number of aryl methyl sites for hydroxylation is 2. The van der Waals surface area contributed by atoms with Crippen LogP contribution in [-0.2, 0) is 12.2 Å². The SMILES string of the molecule is CCC(C)SCc1nc(C)c(CCNCC(C)C)c(C)n1. The van der Waals surface area contributed by atoms with E-state index >= 15 is 0 Å². The molecule has 0 saturated carbocycles. The van der Waals surface area contributed by atoms with E-state index in [1.807, 2.05) is 11.8 Å². The molecule has 1 aromatic rings. The van der Waals surface area contributed by atoms with E-state index in [9.17, 15) is 0 Å². The molecule has 3 nitrogen and oxygen atoms in total. The van der Waals surface area contributed by atoms with Crippen LogP contribution in [0.4, 0.5) is 0 Å². The largest absolute Gasteiger partial charge is 0.316 e. The summed E-state index contributed by atoms with van der Waals surface area (Å²) in [6, 6.07) is 0. The van der Waals surface area contributed by atoms with Gasteiger partial charge < -0.3 is 5.32 Å². The molecule has 1 rings (SSSR count). The molecule has 1 unspecified atom stereocenters. The van der Waals surface area contributed by atoms with Crippen molar-refractivity contribution >= 4 is 11.8 Å². The van der Waals surface area contributed by atoms with E-state index in [0.29, 0.717) is 11.2 Å². The lowest BCUT2D eigenvalue weighted by Crippen LogP contribution is -2.23.